The molecule has 0 aliphatic rings. The highest BCUT2D eigenvalue weighted by Gasteiger charge is 2.31. The van der Waals surface area contributed by atoms with Crippen molar-refractivity contribution in [1.82, 2.24) is 0 Å². The molecule has 0 aromatic heterocycles. The second kappa shape index (κ2) is 51.0. The quantitative estimate of drug-likeness (QED) is 0.102. The van der Waals surface area contributed by atoms with Crippen molar-refractivity contribution >= 4 is 0 Å². The summed E-state index contributed by atoms with van der Waals surface area (Å²) in [6.45, 7) is 77.6. The summed E-state index contributed by atoms with van der Waals surface area (Å²) in [5.74, 6) is -1.41. The topological polar surface area (TPSA) is 0 Å². The first kappa shape index (κ1) is 82.8. The molecule has 14 rings (SSSR count). The van der Waals surface area contributed by atoms with Gasteiger partial charge in [0.1, 0.15) is 0 Å². The maximum atomic E-state index is 8.59. The van der Waals surface area contributed by atoms with Crippen LogP contribution in [0.5, 0.6) is 0 Å². The standard InChI is InChI=1S/C23H24.C22H22.C18H30.C17H28.2C16H18.C14H22.C13H20/c1-17-10-8-13-19(16-17)21-15-9-14-20(22(21)23(2,3)4)18-11-6-5-7-12-18;1-22(2,3)21-19(17-11-6-4-7-12-17)15-10-16-20(21)18-13-8-5-9-14-18;1-13(2)11-15-9-8-10-16(12-14(3)4)17(15)18(5,6)7;1-12(2)13-10-9-11-14(16(3,4)5)15(13)17(6,7)8;2*1-16(2,3)15-12-8-7-11-14(15)13-9-5-4-6-10-13;1-6-11-9-8-10-12(7-2)13(11)14(3,4)5;1-10(2)11-8-6-7-9-12(11)13(3,4)5/h5-16H,1-4H3;4-16H,1-3H3;8-10,13-14H,11-12H2,1-7H3;9-12H,1-8H3;2*4-12H,1-3H3;8-10H,6-7H2,1-5H3;6-10H,1-5H3/i5D,6D,7D,8D,10D,11D,12D,13D,16D;;11D2,12D2;12D;4D,5D,6D,9D,10D;;6D2,7D2;10D. The zero-order valence-electron chi connectivity index (χ0n) is 116. The van der Waals surface area contributed by atoms with Crippen LogP contribution >= 0.6 is 0 Å². The van der Waals surface area contributed by atoms with E-state index in [2.05, 4.69) is 274 Å². The predicted octanol–water partition coefficient (Wildman–Crippen LogP) is 41.2. The van der Waals surface area contributed by atoms with E-state index in [9.17, 15) is 0 Å². The number of hydrogen-bond donors (Lipinski definition) is 0. The van der Waals surface area contributed by atoms with Gasteiger partial charge in [0.15, 0.2) is 0 Å². The monoisotopic (exact) mass is 1880 g/mol. The van der Waals surface area contributed by atoms with Gasteiger partial charge in [-0.25, -0.2) is 0 Å². The summed E-state index contributed by atoms with van der Waals surface area (Å²) in [5, 5.41) is 0. The van der Waals surface area contributed by atoms with Gasteiger partial charge in [0.25, 0.3) is 0 Å². The van der Waals surface area contributed by atoms with Crippen molar-refractivity contribution in [3.05, 3.63) is 428 Å². The van der Waals surface area contributed by atoms with Gasteiger partial charge in [-0.2, -0.15) is 0 Å². The second-order valence-electron chi connectivity index (χ2n) is 46.2. The van der Waals surface area contributed by atoms with E-state index in [0.717, 1.165) is 27.8 Å². The summed E-state index contributed by atoms with van der Waals surface area (Å²) in [6, 6.07) is 81.2. The van der Waals surface area contributed by atoms with Gasteiger partial charge < -0.3 is 0 Å². The molecule has 0 radical (unpaired) electrons. The number of hydrogen-bond acceptors (Lipinski definition) is 0. The third-order valence-electron chi connectivity index (χ3n) is 23.4. The van der Waals surface area contributed by atoms with Gasteiger partial charge in [-0.3, -0.25) is 0 Å². The highest BCUT2D eigenvalue weighted by atomic mass is 14.4. The van der Waals surface area contributed by atoms with Crippen molar-refractivity contribution < 1.29 is 32.9 Å². The first-order valence-electron chi connectivity index (χ1n) is 61.6. The zero-order valence-corrected chi connectivity index (χ0v) is 91.9. The highest BCUT2D eigenvalue weighted by Crippen LogP contribution is 2.45. The fourth-order valence-electron chi connectivity index (χ4n) is 17.5. The van der Waals surface area contributed by atoms with E-state index in [1.54, 1.807) is 49.4 Å². The average molecular weight is 1880 g/mol. The minimum atomic E-state index is -1.48. The normalized spacial score (nSPS) is 14.9. The molecule has 14 aromatic rings. The van der Waals surface area contributed by atoms with Crippen LogP contribution in [0.2, 0.25) is 0 Å². The Morgan fingerprint density at radius 1 is 0.223 bits per heavy atom. The Balaban J connectivity index is 0.000000253. The maximum absolute atomic E-state index is 8.59. The molecule has 0 atom stereocenters. The van der Waals surface area contributed by atoms with Crippen LogP contribution < -0.4 is 0 Å². The summed E-state index contributed by atoms with van der Waals surface area (Å²) in [7, 11) is 0. The third kappa shape index (κ3) is 34.5. The first-order chi connectivity index (χ1) is 74.2. The van der Waals surface area contributed by atoms with E-state index in [0.29, 0.717) is 44.5 Å². The molecule has 0 amide bonds. The van der Waals surface area contributed by atoms with E-state index in [1.165, 1.54) is 75.0 Å². The summed E-state index contributed by atoms with van der Waals surface area (Å²) in [5.41, 5.74) is 24.1. The molecule has 0 saturated carbocycles. The molecule has 0 aliphatic heterocycles. The Kier molecular flexibility index (Phi) is 30.4. The Labute approximate surface area is 884 Å². The molecule has 0 heterocycles. The van der Waals surface area contributed by atoms with Gasteiger partial charge in [0.2, 0.25) is 0 Å². The summed E-state index contributed by atoms with van der Waals surface area (Å²) in [6.07, 6.45) is -5.90. The van der Waals surface area contributed by atoms with Crippen LogP contribution in [-0.2, 0) is 74.2 Å². The maximum Gasteiger partial charge on any atom is 0.0632 e. The molecule has 0 saturated heterocycles. The molecule has 0 fully saturated rings. The van der Waals surface area contributed by atoms with E-state index in [1.807, 2.05) is 181 Å². The first-order valence-corrected chi connectivity index (χ1v) is 49.6. The molecule has 0 aliphatic carbocycles. The van der Waals surface area contributed by atoms with Crippen molar-refractivity contribution in [2.75, 3.05) is 0 Å². The van der Waals surface area contributed by atoms with Gasteiger partial charge in [-0.05, 0) is 255 Å². The average Bonchev–Trinajstić information content (AvgIpc) is 0.736. The molecule has 738 valence electrons. The summed E-state index contributed by atoms with van der Waals surface area (Å²) < 4.78 is 196. The van der Waals surface area contributed by atoms with Crippen LogP contribution in [-0.4, -0.2) is 0 Å². The van der Waals surface area contributed by atoms with Crippen LogP contribution in [0.25, 0.3) is 66.8 Å². The minimum absolute atomic E-state index is 0.0280. The van der Waals surface area contributed by atoms with Crippen molar-refractivity contribution in [2.24, 2.45) is 11.8 Å². The molecule has 0 N–H and O–H groups in total. The Morgan fingerprint density at radius 3 is 0.820 bits per heavy atom. The van der Waals surface area contributed by atoms with Gasteiger partial charge in [0, 0.05) is 13.7 Å². The Morgan fingerprint density at radius 2 is 0.482 bits per heavy atom. The molecule has 0 nitrogen and oxygen atoms in total. The number of benzene rings is 14. The smallest absolute Gasteiger partial charge is 0.0625 e. The predicted molar refractivity (Wildman–Crippen MR) is 621 cm³/mol. The van der Waals surface area contributed by atoms with Crippen LogP contribution in [0.15, 0.2) is 339 Å². The highest BCUT2D eigenvalue weighted by molar-refractivity contribution is 5.82. The van der Waals surface area contributed by atoms with Crippen molar-refractivity contribution in [2.45, 2.75) is 349 Å². The number of rotatable bonds is 14. The SMILES string of the molecule is CC(C)(C)c1c(-c2ccccc2)cccc1-c1ccccc1.CC(C)(C)c1ccccc1-c1ccccc1.[2H]C(C)(C)c1cccc(C(C)(C)C)c1C(C)(C)C.[2H]C(C)(C)c1ccccc1C(C)(C)C.[2H]C([2H])(C)c1cccc(C([2H])([2H])C)c1C(C)(C)C.[2H]C([2H])(c1cccc(C([2H])([2H])C(C)C)c1C(C)(C)C)C(C)C.[2H]c1c([2H])c([2H])c(-c2cccc(-c3c([2H])c([2H])c([2H])c(C)c3[2H])c2C(C)(C)C)c([2H])c1[2H].[2H]c1c([2H])c([2H])c(-c2ccccc2C(C)(C)C)c([2H])c1[2H]. The van der Waals surface area contributed by atoms with Crippen LogP contribution in [0, 0.1) is 18.8 Å². The summed E-state index contributed by atoms with van der Waals surface area (Å²) in [4.78, 5) is 0. The van der Waals surface area contributed by atoms with Gasteiger partial charge in [0.05, 0.1) is 19.2 Å². The lowest BCUT2D eigenvalue weighted by Gasteiger charge is -2.33. The van der Waals surface area contributed by atoms with E-state index >= 15 is 0 Å². The second-order valence-corrected chi connectivity index (χ2v) is 46.2. The molecule has 0 bridgehead atoms. The fourth-order valence-corrected chi connectivity index (χ4v) is 17.5. The van der Waals surface area contributed by atoms with Crippen molar-refractivity contribution in [3.63, 3.8) is 0 Å². The fraction of sp³-hybridized carbons (Fsp3) is 0.396. The Bertz CT molecular complexity index is 6990. The molecule has 0 heteroatoms. The molecular weight excluding hydrogens is 1670 g/mol. The zero-order chi connectivity index (χ0) is 125. The van der Waals surface area contributed by atoms with Crippen LogP contribution in [0.3, 0.4) is 0 Å². The van der Waals surface area contributed by atoms with Gasteiger partial charge >= 0.3 is 0 Å². The molecule has 0 spiro atoms. The van der Waals surface area contributed by atoms with Crippen LogP contribution in [0.1, 0.15) is 390 Å². The summed E-state index contributed by atoms with van der Waals surface area (Å²) >= 11 is 0. The van der Waals surface area contributed by atoms with E-state index in [4.69, 9.17) is 32.9 Å². The minimum Gasteiger partial charge on any atom is -0.0625 e. The lowest BCUT2D eigenvalue weighted by molar-refractivity contribution is 0.521. The lowest BCUT2D eigenvalue weighted by Crippen LogP contribution is -2.24. The molecular formula is C139H182. The molecule has 14 aromatic carbocycles. The van der Waals surface area contributed by atoms with Crippen LogP contribution in [0.4, 0.5) is 0 Å². The van der Waals surface area contributed by atoms with Gasteiger partial charge in [-0.1, -0.05) is 601 Å². The molecule has 139 heavy (non-hydrogen) atoms. The number of aryl methyl sites for hydroxylation is 2. The Hall–Kier alpha value is -10.9. The lowest BCUT2D eigenvalue weighted by atomic mass is 9.71. The van der Waals surface area contributed by atoms with E-state index < -0.39 is 60.8 Å². The molecule has 0 unspecified atom stereocenters. The largest absolute Gasteiger partial charge is 0.0632 e. The van der Waals surface area contributed by atoms with E-state index in [-0.39, 0.29) is 144 Å². The van der Waals surface area contributed by atoms with Crippen molar-refractivity contribution in [3.8, 4) is 66.8 Å². The van der Waals surface area contributed by atoms with Gasteiger partial charge in [-0.15, -0.1) is 0 Å². The third-order valence-corrected chi connectivity index (χ3v) is 23.4. The van der Waals surface area contributed by atoms with Crippen molar-refractivity contribution in [1.29, 1.82) is 0 Å².